The van der Waals surface area contributed by atoms with E-state index in [0.717, 1.165) is 19.3 Å². The molecule has 0 heterocycles. The minimum Gasteiger partial charge on any atom is -0.444 e. The molecule has 0 bridgehead atoms. The van der Waals surface area contributed by atoms with Gasteiger partial charge in [-0.2, -0.15) is 0 Å². The van der Waals surface area contributed by atoms with Gasteiger partial charge in [-0.3, -0.25) is 4.79 Å². The molecule has 0 aromatic heterocycles. The van der Waals surface area contributed by atoms with Gasteiger partial charge in [-0.05, 0) is 46.0 Å². The van der Waals surface area contributed by atoms with Gasteiger partial charge in [0.25, 0.3) is 5.91 Å². The molecule has 0 spiro atoms. The maximum Gasteiger partial charge on any atom is 0.408 e. The lowest BCUT2D eigenvalue weighted by Gasteiger charge is -2.27. The van der Waals surface area contributed by atoms with Crippen LogP contribution < -0.4 is 10.6 Å². The molecular formula is C15H26N2O4. The third-order valence-electron chi connectivity index (χ3n) is 4.04. The number of hydrogen-bond donors (Lipinski definition) is 3. The van der Waals surface area contributed by atoms with Gasteiger partial charge in [-0.1, -0.05) is 13.3 Å². The Morgan fingerprint density at radius 1 is 1.38 bits per heavy atom. The standard InChI is InChI=1S/C15H26N2O4/c1-5-9-8-15(9,17-13(20)21-14(2,3)4)11(18)12(19)16-10-6-7-10/h9-11,18H,5-8H2,1-4H3,(H,16,19)(H,17,20)/t9-,11?,15+/m1/s1. The second-order valence-corrected chi connectivity index (χ2v) is 7.16. The first-order valence-corrected chi connectivity index (χ1v) is 7.67. The summed E-state index contributed by atoms with van der Waals surface area (Å²) in [5.41, 5.74) is -1.49. The highest BCUT2D eigenvalue weighted by Crippen LogP contribution is 2.48. The Morgan fingerprint density at radius 2 is 2.00 bits per heavy atom. The van der Waals surface area contributed by atoms with E-state index in [1.165, 1.54) is 0 Å². The summed E-state index contributed by atoms with van der Waals surface area (Å²) in [5.74, 6) is -0.297. The largest absolute Gasteiger partial charge is 0.444 e. The van der Waals surface area contributed by atoms with E-state index in [1.807, 2.05) is 6.92 Å². The summed E-state index contributed by atoms with van der Waals surface area (Å²) in [7, 11) is 0. The highest BCUT2D eigenvalue weighted by Gasteiger charge is 2.61. The predicted molar refractivity (Wildman–Crippen MR) is 77.7 cm³/mol. The Morgan fingerprint density at radius 3 is 2.43 bits per heavy atom. The van der Waals surface area contributed by atoms with Crippen LogP contribution in [0.25, 0.3) is 0 Å². The molecule has 2 amide bonds. The number of ether oxygens (including phenoxy) is 1. The van der Waals surface area contributed by atoms with Crippen molar-refractivity contribution in [1.82, 2.24) is 10.6 Å². The quantitative estimate of drug-likeness (QED) is 0.714. The first-order chi connectivity index (χ1) is 9.68. The molecule has 3 N–H and O–H groups in total. The molecule has 2 aliphatic rings. The number of rotatable bonds is 5. The average Bonchev–Trinajstić information content (AvgIpc) is 3.22. The van der Waals surface area contributed by atoms with Gasteiger partial charge in [0.05, 0.1) is 5.54 Å². The number of carbonyl (C=O) groups is 2. The number of nitrogens with one attached hydrogen (secondary N) is 2. The van der Waals surface area contributed by atoms with E-state index < -0.39 is 29.2 Å². The summed E-state index contributed by atoms with van der Waals surface area (Å²) in [6.45, 7) is 7.31. The molecule has 2 rings (SSSR count). The fraction of sp³-hybridized carbons (Fsp3) is 0.867. The molecule has 3 atom stereocenters. The molecule has 2 fully saturated rings. The lowest BCUT2D eigenvalue weighted by atomic mass is 10.0. The maximum atomic E-state index is 12.1. The summed E-state index contributed by atoms with van der Waals surface area (Å²) < 4.78 is 5.24. The smallest absolute Gasteiger partial charge is 0.408 e. The van der Waals surface area contributed by atoms with Gasteiger partial charge in [0.15, 0.2) is 6.10 Å². The Kier molecular flexibility index (Phi) is 4.19. The second-order valence-electron chi connectivity index (χ2n) is 7.16. The average molecular weight is 298 g/mol. The summed E-state index contributed by atoms with van der Waals surface area (Å²) >= 11 is 0. The Balaban J connectivity index is 1.99. The second kappa shape index (κ2) is 5.48. The number of hydrogen-bond acceptors (Lipinski definition) is 4. The van der Waals surface area contributed by atoms with Crippen molar-refractivity contribution in [2.24, 2.45) is 5.92 Å². The topological polar surface area (TPSA) is 87.7 Å². The van der Waals surface area contributed by atoms with Crippen LogP contribution in [0.1, 0.15) is 53.4 Å². The number of aliphatic hydroxyl groups is 1. The number of amides is 2. The van der Waals surface area contributed by atoms with Crippen molar-refractivity contribution in [3.8, 4) is 0 Å². The van der Waals surface area contributed by atoms with Crippen molar-refractivity contribution >= 4 is 12.0 Å². The monoisotopic (exact) mass is 298 g/mol. The molecule has 2 aliphatic carbocycles. The molecular weight excluding hydrogens is 272 g/mol. The van der Waals surface area contributed by atoms with Crippen molar-refractivity contribution < 1.29 is 19.4 Å². The zero-order valence-corrected chi connectivity index (χ0v) is 13.2. The lowest BCUT2D eigenvalue weighted by Crippen LogP contribution is -2.55. The minimum atomic E-state index is -1.23. The molecule has 21 heavy (non-hydrogen) atoms. The molecule has 2 saturated carbocycles. The van der Waals surface area contributed by atoms with Crippen LogP contribution in [-0.4, -0.2) is 40.4 Å². The molecule has 6 heteroatoms. The van der Waals surface area contributed by atoms with Crippen LogP contribution in [0.15, 0.2) is 0 Å². The van der Waals surface area contributed by atoms with Crippen LogP contribution in [0.5, 0.6) is 0 Å². The first-order valence-electron chi connectivity index (χ1n) is 7.67. The molecule has 0 radical (unpaired) electrons. The molecule has 1 unspecified atom stereocenters. The third kappa shape index (κ3) is 3.87. The summed E-state index contributed by atoms with van der Waals surface area (Å²) in [6.07, 6.45) is 1.50. The van der Waals surface area contributed by atoms with Crippen molar-refractivity contribution in [3.05, 3.63) is 0 Å². The lowest BCUT2D eigenvalue weighted by molar-refractivity contribution is -0.131. The van der Waals surface area contributed by atoms with Gasteiger partial charge in [0, 0.05) is 6.04 Å². The van der Waals surface area contributed by atoms with Gasteiger partial charge in [-0.15, -0.1) is 0 Å². The molecule has 0 saturated heterocycles. The van der Waals surface area contributed by atoms with E-state index >= 15 is 0 Å². The van der Waals surface area contributed by atoms with Crippen LogP contribution in [0.4, 0.5) is 4.79 Å². The number of carbonyl (C=O) groups excluding carboxylic acids is 2. The number of aliphatic hydroxyl groups excluding tert-OH is 1. The molecule has 0 aromatic carbocycles. The summed E-state index contributed by atoms with van der Waals surface area (Å²) in [5, 5.41) is 15.9. The summed E-state index contributed by atoms with van der Waals surface area (Å²) in [6, 6.07) is 0.185. The van der Waals surface area contributed by atoms with E-state index in [0.29, 0.717) is 6.42 Å². The van der Waals surface area contributed by atoms with E-state index in [4.69, 9.17) is 4.74 Å². The van der Waals surface area contributed by atoms with E-state index in [9.17, 15) is 14.7 Å². The van der Waals surface area contributed by atoms with Crippen LogP contribution in [-0.2, 0) is 9.53 Å². The van der Waals surface area contributed by atoms with Gasteiger partial charge < -0.3 is 20.5 Å². The van der Waals surface area contributed by atoms with Crippen LogP contribution in [0.3, 0.4) is 0 Å². The van der Waals surface area contributed by atoms with Gasteiger partial charge >= 0.3 is 6.09 Å². The fourth-order valence-electron chi connectivity index (χ4n) is 2.65. The van der Waals surface area contributed by atoms with Gasteiger partial charge in [-0.25, -0.2) is 4.79 Å². The van der Waals surface area contributed by atoms with Gasteiger partial charge in [0.2, 0.25) is 0 Å². The van der Waals surface area contributed by atoms with E-state index in [2.05, 4.69) is 10.6 Å². The van der Waals surface area contributed by atoms with Crippen LogP contribution >= 0.6 is 0 Å². The highest BCUT2D eigenvalue weighted by molar-refractivity contribution is 5.84. The Bertz CT molecular complexity index is 428. The maximum absolute atomic E-state index is 12.1. The third-order valence-corrected chi connectivity index (χ3v) is 4.04. The van der Waals surface area contributed by atoms with E-state index in [-0.39, 0.29) is 12.0 Å². The predicted octanol–water partition coefficient (Wildman–Crippen LogP) is 1.32. The number of alkyl carbamates (subject to hydrolysis) is 1. The van der Waals surface area contributed by atoms with Crippen molar-refractivity contribution in [2.75, 3.05) is 0 Å². The Labute approximate surface area is 125 Å². The molecule has 6 nitrogen and oxygen atoms in total. The summed E-state index contributed by atoms with van der Waals surface area (Å²) in [4.78, 5) is 24.0. The van der Waals surface area contributed by atoms with E-state index in [1.54, 1.807) is 20.8 Å². The van der Waals surface area contributed by atoms with Crippen molar-refractivity contribution in [3.63, 3.8) is 0 Å². The Hall–Kier alpha value is -1.30. The van der Waals surface area contributed by atoms with Crippen LogP contribution in [0.2, 0.25) is 0 Å². The minimum absolute atomic E-state index is 0.102. The molecule has 0 aromatic rings. The fourth-order valence-corrected chi connectivity index (χ4v) is 2.65. The molecule has 120 valence electrons. The van der Waals surface area contributed by atoms with Crippen molar-refractivity contribution in [2.45, 2.75) is 76.7 Å². The highest BCUT2D eigenvalue weighted by atomic mass is 16.6. The molecule has 0 aliphatic heterocycles. The first kappa shape index (κ1) is 16.1. The SMILES string of the molecule is CC[C@@H]1C[C@@]1(NC(=O)OC(C)(C)C)C(O)C(=O)NC1CC1. The zero-order valence-electron chi connectivity index (χ0n) is 13.2. The van der Waals surface area contributed by atoms with Gasteiger partial charge in [0.1, 0.15) is 5.60 Å². The zero-order chi connectivity index (χ0) is 15.8. The normalized spacial score (nSPS) is 29.5. The van der Waals surface area contributed by atoms with Crippen LogP contribution in [0, 0.1) is 5.92 Å². The van der Waals surface area contributed by atoms with Crippen molar-refractivity contribution in [1.29, 1.82) is 0 Å².